The van der Waals surface area contributed by atoms with E-state index in [9.17, 15) is 28.8 Å². The second kappa shape index (κ2) is 24.4. The standard InChI is InChI=1S/C46H41Cl5N8O8/c1-24(60)39(58-56-30-11-14-34(50)32(20-30)43(62)54-37-9-5-7-27(22-48)41(37)66-3)45(64)52-29-13-16-36(26(19-29)17-18-47)53-46(65)40(25(2)61)59-57-31-12-15-35(51)33(21-31)44(63)55-38-10-6-8-28(23-49)42(38)67-4/h5-16,19-21,39-40H,17-18,22-23H2,1-4H3,(H,52,64)(H,53,65)(H,54,62)(H,55,63). The van der Waals surface area contributed by atoms with Crippen LogP contribution in [0.3, 0.4) is 0 Å². The number of amides is 4. The predicted molar refractivity (Wildman–Crippen MR) is 260 cm³/mol. The number of hydrogen-bond acceptors (Lipinski definition) is 12. The molecule has 16 nitrogen and oxygen atoms in total. The van der Waals surface area contributed by atoms with Gasteiger partial charge in [0.2, 0.25) is 12.1 Å². The van der Waals surface area contributed by atoms with Gasteiger partial charge in [-0.2, -0.15) is 20.5 Å². The van der Waals surface area contributed by atoms with Crippen LogP contribution in [0.5, 0.6) is 11.5 Å². The normalized spacial score (nSPS) is 12.0. The van der Waals surface area contributed by atoms with Crippen molar-refractivity contribution in [2.24, 2.45) is 20.5 Å². The average molecular weight is 1010 g/mol. The maximum absolute atomic E-state index is 13.5. The van der Waals surface area contributed by atoms with Crippen molar-refractivity contribution >= 4 is 127 Å². The molecule has 4 amide bonds. The molecule has 0 bridgehead atoms. The van der Waals surface area contributed by atoms with Crippen molar-refractivity contribution in [1.82, 2.24) is 0 Å². The lowest BCUT2D eigenvalue weighted by atomic mass is 10.1. The van der Waals surface area contributed by atoms with Crippen LogP contribution >= 0.6 is 58.0 Å². The SMILES string of the molecule is COc1c(CCl)cccc1NC(=O)c1cc(N=NC(C(C)=O)C(=O)Nc2ccc(NC(=O)C(N=Nc3ccc(Cl)c(C(=O)Nc4cccc(CCl)c4OC)c3)C(C)=O)c(CCCl)c2)ccc1Cl. The zero-order chi connectivity index (χ0) is 48.8. The van der Waals surface area contributed by atoms with Crippen molar-refractivity contribution in [3.05, 3.63) is 129 Å². The van der Waals surface area contributed by atoms with E-state index in [1.165, 1.54) is 68.8 Å². The lowest BCUT2D eigenvalue weighted by Gasteiger charge is -2.16. The van der Waals surface area contributed by atoms with Gasteiger partial charge < -0.3 is 30.7 Å². The fraction of sp³-hybridized carbons (Fsp3) is 0.217. The van der Waals surface area contributed by atoms with E-state index >= 15 is 0 Å². The molecule has 0 saturated heterocycles. The third-order valence-electron chi connectivity index (χ3n) is 9.61. The van der Waals surface area contributed by atoms with E-state index in [-0.39, 0.29) is 68.0 Å². The molecule has 0 aliphatic heterocycles. The first-order chi connectivity index (χ1) is 32.1. The lowest BCUT2D eigenvalue weighted by Crippen LogP contribution is -2.32. The van der Waals surface area contributed by atoms with Crippen LogP contribution in [0.2, 0.25) is 10.0 Å². The Hall–Kier alpha value is -6.43. The number of ketones is 2. The summed E-state index contributed by atoms with van der Waals surface area (Å²) in [6.07, 6.45) is 0.206. The number of alkyl halides is 3. The summed E-state index contributed by atoms with van der Waals surface area (Å²) in [5, 5.41) is 27.1. The van der Waals surface area contributed by atoms with Gasteiger partial charge in [-0.05, 0) is 92.6 Å². The summed E-state index contributed by atoms with van der Waals surface area (Å²) in [5.41, 5.74) is 3.26. The molecule has 0 fully saturated rings. The molecule has 0 radical (unpaired) electrons. The van der Waals surface area contributed by atoms with Gasteiger partial charge in [-0.3, -0.25) is 28.8 Å². The van der Waals surface area contributed by atoms with Gasteiger partial charge in [0.15, 0.2) is 11.6 Å². The molecule has 348 valence electrons. The van der Waals surface area contributed by atoms with Crippen molar-refractivity contribution in [3.63, 3.8) is 0 Å². The van der Waals surface area contributed by atoms with Gasteiger partial charge in [0.1, 0.15) is 11.5 Å². The molecule has 4 N–H and O–H groups in total. The number of rotatable bonds is 20. The molecule has 0 aliphatic carbocycles. The van der Waals surface area contributed by atoms with Gasteiger partial charge >= 0.3 is 0 Å². The molecule has 5 rings (SSSR count). The first-order valence-electron chi connectivity index (χ1n) is 19.9. The van der Waals surface area contributed by atoms with Gasteiger partial charge in [-0.15, -0.1) is 34.8 Å². The molecule has 0 saturated carbocycles. The van der Waals surface area contributed by atoms with Crippen LogP contribution < -0.4 is 30.7 Å². The number of nitrogens with zero attached hydrogens (tertiary/aromatic N) is 4. The van der Waals surface area contributed by atoms with Crippen molar-refractivity contribution in [1.29, 1.82) is 0 Å². The average Bonchev–Trinajstić information content (AvgIpc) is 3.30. The fourth-order valence-electron chi connectivity index (χ4n) is 6.34. The molecular formula is C46H41Cl5N8O8. The van der Waals surface area contributed by atoms with Gasteiger partial charge in [0.25, 0.3) is 23.6 Å². The van der Waals surface area contributed by atoms with Crippen LogP contribution in [0.15, 0.2) is 111 Å². The van der Waals surface area contributed by atoms with Crippen LogP contribution in [-0.2, 0) is 37.4 Å². The number of halogens is 5. The Labute approximate surface area is 409 Å². The zero-order valence-corrected chi connectivity index (χ0v) is 39.9. The van der Waals surface area contributed by atoms with E-state index in [2.05, 4.69) is 41.7 Å². The smallest absolute Gasteiger partial charge is 0.258 e. The summed E-state index contributed by atoms with van der Waals surface area (Å²) in [7, 11) is 2.90. The molecule has 67 heavy (non-hydrogen) atoms. The summed E-state index contributed by atoms with van der Waals surface area (Å²) in [6.45, 7) is 2.33. The number of hydrogen-bond donors (Lipinski definition) is 4. The molecule has 0 heterocycles. The Morgan fingerprint density at radius 2 is 1.01 bits per heavy atom. The largest absolute Gasteiger partial charge is 0.494 e. The Bertz CT molecular complexity index is 2770. The minimum atomic E-state index is -1.61. The molecule has 21 heteroatoms. The van der Waals surface area contributed by atoms with Crippen LogP contribution in [0, 0.1) is 0 Å². The third-order valence-corrected chi connectivity index (χ3v) is 11.0. The molecule has 2 unspecified atom stereocenters. The highest BCUT2D eigenvalue weighted by Gasteiger charge is 2.26. The number of para-hydroxylation sites is 2. The Morgan fingerprint density at radius 1 is 0.552 bits per heavy atom. The van der Waals surface area contributed by atoms with E-state index in [4.69, 9.17) is 67.5 Å². The van der Waals surface area contributed by atoms with E-state index in [1.807, 2.05) is 0 Å². The minimum absolute atomic E-state index is 0.0285. The molecule has 5 aromatic rings. The molecule has 0 aromatic heterocycles. The summed E-state index contributed by atoms with van der Waals surface area (Å²) in [5.74, 6) is -2.97. The van der Waals surface area contributed by atoms with Crippen LogP contribution in [0.25, 0.3) is 0 Å². The highest BCUT2D eigenvalue weighted by Crippen LogP contribution is 2.34. The minimum Gasteiger partial charge on any atom is -0.494 e. The fourth-order valence-corrected chi connectivity index (χ4v) is 7.37. The molecule has 0 spiro atoms. The van der Waals surface area contributed by atoms with Gasteiger partial charge in [0, 0.05) is 28.4 Å². The van der Waals surface area contributed by atoms with Crippen molar-refractivity contribution in [2.75, 3.05) is 41.4 Å². The van der Waals surface area contributed by atoms with Crippen LogP contribution in [0.1, 0.15) is 51.3 Å². The maximum atomic E-state index is 13.5. The third kappa shape index (κ3) is 13.4. The number of Topliss-reactive ketones (excluding diaryl/α,β-unsaturated/α-hetero) is 2. The number of carbonyl (C=O) groups excluding carboxylic acids is 6. The first kappa shape index (κ1) is 51.6. The van der Waals surface area contributed by atoms with E-state index in [0.717, 1.165) is 13.8 Å². The van der Waals surface area contributed by atoms with E-state index in [0.29, 0.717) is 39.6 Å². The zero-order valence-electron chi connectivity index (χ0n) is 36.1. The van der Waals surface area contributed by atoms with E-state index < -0.39 is 47.3 Å². The number of aryl methyl sites for hydroxylation is 1. The quantitative estimate of drug-likeness (QED) is 0.0333. The highest BCUT2D eigenvalue weighted by atomic mass is 35.5. The maximum Gasteiger partial charge on any atom is 0.258 e. The van der Waals surface area contributed by atoms with E-state index in [1.54, 1.807) is 36.4 Å². The van der Waals surface area contributed by atoms with Crippen molar-refractivity contribution < 1.29 is 38.2 Å². The van der Waals surface area contributed by atoms with Gasteiger partial charge in [0.05, 0.1) is 69.9 Å². The number of azo groups is 2. The predicted octanol–water partition coefficient (Wildman–Crippen LogP) is 11.1. The summed E-state index contributed by atoms with van der Waals surface area (Å²) >= 11 is 30.8. The Morgan fingerprint density at radius 3 is 1.43 bits per heavy atom. The highest BCUT2D eigenvalue weighted by molar-refractivity contribution is 6.35. The monoisotopic (exact) mass is 1010 g/mol. The summed E-state index contributed by atoms with van der Waals surface area (Å²) in [4.78, 5) is 78.9. The lowest BCUT2D eigenvalue weighted by molar-refractivity contribution is -0.127. The Balaban J connectivity index is 1.28. The number of ether oxygens (including phenoxy) is 2. The molecule has 2 atom stereocenters. The second-order valence-electron chi connectivity index (χ2n) is 14.2. The van der Waals surface area contributed by atoms with Gasteiger partial charge in [-0.25, -0.2) is 0 Å². The molecule has 5 aromatic carbocycles. The summed E-state index contributed by atoms with van der Waals surface area (Å²) in [6, 6.07) is 19.9. The van der Waals surface area contributed by atoms with Crippen molar-refractivity contribution in [3.8, 4) is 11.5 Å². The summed E-state index contributed by atoms with van der Waals surface area (Å²) < 4.78 is 10.9. The van der Waals surface area contributed by atoms with Crippen molar-refractivity contribution in [2.45, 2.75) is 44.1 Å². The number of carbonyl (C=O) groups is 6. The van der Waals surface area contributed by atoms with Crippen LogP contribution in [0.4, 0.5) is 34.1 Å². The molecule has 0 aliphatic rings. The second-order valence-corrected chi connectivity index (χ2v) is 16.0. The number of methoxy groups -OCH3 is 2. The number of nitrogens with one attached hydrogen (secondary N) is 4. The number of anilines is 4. The number of benzene rings is 5. The topological polar surface area (TPSA) is 218 Å². The first-order valence-corrected chi connectivity index (χ1v) is 22.3. The Kier molecular flexibility index (Phi) is 18.8. The van der Waals surface area contributed by atoms with Crippen LogP contribution in [-0.4, -0.2) is 67.4 Å². The van der Waals surface area contributed by atoms with Gasteiger partial charge in [-0.1, -0.05) is 47.5 Å². The molecular weight excluding hydrogens is 970 g/mol.